The van der Waals surface area contributed by atoms with Crippen molar-refractivity contribution in [1.29, 1.82) is 0 Å². The Bertz CT molecular complexity index is 714. The molecule has 2 aromatic rings. The molecule has 0 saturated carbocycles. The molecule has 2 atom stereocenters. The molecule has 0 spiro atoms. The number of benzene rings is 2. The second kappa shape index (κ2) is 7.85. The fourth-order valence-corrected chi connectivity index (χ4v) is 2.84. The maximum atomic E-state index is 13.1. The molecule has 4 nitrogen and oxygen atoms in total. The van der Waals surface area contributed by atoms with E-state index in [0.29, 0.717) is 23.6 Å². The number of halogens is 1. The summed E-state index contributed by atoms with van der Waals surface area (Å²) in [5, 5.41) is 14.0. The van der Waals surface area contributed by atoms with Crippen molar-refractivity contribution in [2.75, 3.05) is 20.8 Å². The van der Waals surface area contributed by atoms with Crippen LogP contribution in [0, 0.1) is 12.7 Å². The van der Waals surface area contributed by atoms with Crippen molar-refractivity contribution in [2.24, 2.45) is 0 Å². The third kappa shape index (κ3) is 4.50. The van der Waals surface area contributed by atoms with Gasteiger partial charge in [-0.2, -0.15) is 0 Å². The molecule has 2 N–H and O–H groups in total. The van der Waals surface area contributed by atoms with Gasteiger partial charge in [-0.05, 0) is 61.7 Å². The Morgan fingerprint density at radius 3 is 2.24 bits per heavy atom. The van der Waals surface area contributed by atoms with Gasteiger partial charge in [-0.25, -0.2) is 4.39 Å². The van der Waals surface area contributed by atoms with Crippen molar-refractivity contribution in [1.82, 2.24) is 5.32 Å². The number of methoxy groups -OCH3 is 2. The third-order valence-corrected chi connectivity index (χ3v) is 4.46. The van der Waals surface area contributed by atoms with Crippen LogP contribution in [0.2, 0.25) is 0 Å². The highest BCUT2D eigenvalue weighted by Crippen LogP contribution is 2.33. The highest BCUT2D eigenvalue weighted by atomic mass is 19.1. The van der Waals surface area contributed by atoms with Crippen molar-refractivity contribution in [3.63, 3.8) is 0 Å². The van der Waals surface area contributed by atoms with E-state index in [1.54, 1.807) is 33.3 Å². The van der Waals surface area contributed by atoms with E-state index >= 15 is 0 Å². The average molecular weight is 347 g/mol. The molecule has 0 saturated heterocycles. The molecule has 25 heavy (non-hydrogen) atoms. The largest absolute Gasteiger partial charge is 0.493 e. The van der Waals surface area contributed by atoms with E-state index < -0.39 is 5.60 Å². The fourth-order valence-electron chi connectivity index (χ4n) is 2.84. The first kappa shape index (κ1) is 19.2. The number of aliphatic hydroxyl groups is 1. The predicted octanol–water partition coefficient (Wildman–Crippen LogP) is 3.71. The Balaban J connectivity index is 2.14. The molecule has 0 aliphatic rings. The summed E-state index contributed by atoms with van der Waals surface area (Å²) in [6.45, 7) is 6.07. The maximum absolute atomic E-state index is 13.1. The van der Waals surface area contributed by atoms with E-state index in [-0.39, 0.29) is 11.9 Å². The SMILES string of the molecule is COc1cc(C)c(C(C)NCC(C)(O)c2ccc(F)cc2)cc1OC. The molecule has 2 rings (SSSR count). The molecule has 5 heteroatoms. The maximum Gasteiger partial charge on any atom is 0.161 e. The number of rotatable bonds is 7. The van der Waals surface area contributed by atoms with Gasteiger partial charge < -0.3 is 19.9 Å². The summed E-state index contributed by atoms with van der Waals surface area (Å²) in [6.07, 6.45) is 0. The zero-order chi connectivity index (χ0) is 18.6. The molecule has 0 heterocycles. The Hall–Kier alpha value is -2.11. The highest BCUT2D eigenvalue weighted by molar-refractivity contribution is 5.48. The smallest absolute Gasteiger partial charge is 0.161 e. The highest BCUT2D eigenvalue weighted by Gasteiger charge is 2.24. The van der Waals surface area contributed by atoms with Crippen LogP contribution in [0.15, 0.2) is 36.4 Å². The van der Waals surface area contributed by atoms with Crippen LogP contribution in [0.3, 0.4) is 0 Å². The standard InChI is InChI=1S/C20H26FNO3/c1-13-10-18(24-4)19(25-5)11-17(13)14(2)22-12-20(3,23)15-6-8-16(21)9-7-15/h6-11,14,22-23H,12H2,1-5H3. The van der Waals surface area contributed by atoms with E-state index in [2.05, 4.69) is 5.32 Å². The summed E-state index contributed by atoms with van der Waals surface area (Å²) in [7, 11) is 3.22. The molecule has 136 valence electrons. The van der Waals surface area contributed by atoms with E-state index in [1.807, 2.05) is 26.0 Å². The predicted molar refractivity (Wildman–Crippen MR) is 96.7 cm³/mol. The second-order valence-corrected chi connectivity index (χ2v) is 6.45. The molecule has 0 aliphatic heterocycles. The van der Waals surface area contributed by atoms with Gasteiger partial charge in [-0.1, -0.05) is 12.1 Å². The number of ether oxygens (including phenoxy) is 2. The molecule has 0 amide bonds. The number of hydrogen-bond donors (Lipinski definition) is 2. The average Bonchev–Trinajstić information content (AvgIpc) is 2.59. The van der Waals surface area contributed by atoms with Crippen molar-refractivity contribution in [3.8, 4) is 11.5 Å². The summed E-state index contributed by atoms with van der Waals surface area (Å²) < 4.78 is 23.8. The second-order valence-electron chi connectivity index (χ2n) is 6.45. The van der Waals surface area contributed by atoms with Crippen LogP contribution < -0.4 is 14.8 Å². The fraction of sp³-hybridized carbons (Fsp3) is 0.400. The quantitative estimate of drug-likeness (QED) is 0.802. The van der Waals surface area contributed by atoms with Gasteiger partial charge in [-0.15, -0.1) is 0 Å². The van der Waals surface area contributed by atoms with E-state index in [0.717, 1.165) is 11.1 Å². The summed E-state index contributed by atoms with van der Waals surface area (Å²) >= 11 is 0. The van der Waals surface area contributed by atoms with Crippen molar-refractivity contribution < 1.29 is 19.0 Å². The van der Waals surface area contributed by atoms with Gasteiger partial charge in [0.1, 0.15) is 5.82 Å². The minimum absolute atomic E-state index is 0.00766. The zero-order valence-corrected chi connectivity index (χ0v) is 15.4. The van der Waals surface area contributed by atoms with Crippen LogP contribution >= 0.6 is 0 Å². The molecular weight excluding hydrogens is 321 g/mol. The molecule has 0 aliphatic carbocycles. The van der Waals surface area contributed by atoms with Crippen molar-refractivity contribution >= 4 is 0 Å². The van der Waals surface area contributed by atoms with E-state index in [9.17, 15) is 9.50 Å². The Morgan fingerprint density at radius 2 is 1.68 bits per heavy atom. The molecule has 0 bridgehead atoms. The monoisotopic (exact) mass is 347 g/mol. The van der Waals surface area contributed by atoms with Gasteiger partial charge >= 0.3 is 0 Å². The van der Waals surface area contributed by atoms with Crippen LogP contribution in [0.1, 0.15) is 36.6 Å². The molecule has 0 fully saturated rings. The Morgan fingerprint density at radius 1 is 1.12 bits per heavy atom. The van der Waals surface area contributed by atoms with Gasteiger partial charge in [0.2, 0.25) is 0 Å². The topological polar surface area (TPSA) is 50.7 Å². The summed E-state index contributed by atoms with van der Waals surface area (Å²) in [4.78, 5) is 0. The van der Waals surface area contributed by atoms with E-state index in [4.69, 9.17) is 9.47 Å². The van der Waals surface area contributed by atoms with Gasteiger partial charge in [0.15, 0.2) is 11.5 Å². The zero-order valence-electron chi connectivity index (χ0n) is 15.4. The number of aryl methyl sites for hydroxylation is 1. The van der Waals surface area contributed by atoms with Gasteiger partial charge in [0, 0.05) is 12.6 Å². The van der Waals surface area contributed by atoms with Crippen molar-refractivity contribution in [2.45, 2.75) is 32.4 Å². The molecular formula is C20H26FNO3. The third-order valence-electron chi connectivity index (χ3n) is 4.46. The molecule has 2 unspecified atom stereocenters. The lowest BCUT2D eigenvalue weighted by Gasteiger charge is -2.27. The van der Waals surface area contributed by atoms with Crippen LogP contribution in [0.25, 0.3) is 0 Å². The normalized spacial score (nSPS) is 14.7. The van der Waals surface area contributed by atoms with Crippen LogP contribution in [0.4, 0.5) is 4.39 Å². The molecule has 0 aromatic heterocycles. The van der Waals surface area contributed by atoms with Crippen molar-refractivity contribution in [3.05, 3.63) is 58.9 Å². The van der Waals surface area contributed by atoms with Crippen LogP contribution in [-0.2, 0) is 5.60 Å². The summed E-state index contributed by atoms with van der Waals surface area (Å²) in [6, 6.07) is 9.78. The molecule has 0 radical (unpaired) electrons. The van der Waals surface area contributed by atoms with Gasteiger partial charge in [-0.3, -0.25) is 0 Å². The lowest BCUT2D eigenvalue weighted by molar-refractivity contribution is 0.0543. The minimum Gasteiger partial charge on any atom is -0.493 e. The Kier molecular flexibility index (Phi) is 6.03. The minimum atomic E-state index is -1.10. The van der Waals surface area contributed by atoms with Gasteiger partial charge in [0.25, 0.3) is 0 Å². The summed E-state index contributed by atoms with van der Waals surface area (Å²) in [5.41, 5.74) is 1.69. The lowest BCUT2D eigenvalue weighted by Crippen LogP contribution is -2.36. The first-order chi connectivity index (χ1) is 11.8. The number of hydrogen-bond acceptors (Lipinski definition) is 4. The first-order valence-corrected chi connectivity index (χ1v) is 8.23. The Labute approximate surface area is 148 Å². The lowest BCUT2D eigenvalue weighted by atomic mass is 9.94. The first-order valence-electron chi connectivity index (χ1n) is 8.23. The van der Waals surface area contributed by atoms with E-state index in [1.165, 1.54) is 12.1 Å². The van der Waals surface area contributed by atoms with Crippen LogP contribution in [-0.4, -0.2) is 25.9 Å². The van der Waals surface area contributed by atoms with Gasteiger partial charge in [0.05, 0.1) is 19.8 Å². The van der Waals surface area contributed by atoms with Crippen LogP contribution in [0.5, 0.6) is 11.5 Å². The summed E-state index contributed by atoms with van der Waals surface area (Å²) in [5.74, 6) is 1.04. The molecule has 2 aromatic carbocycles. The number of nitrogens with one attached hydrogen (secondary N) is 1.